The van der Waals surface area contributed by atoms with Crippen molar-refractivity contribution in [2.75, 3.05) is 33.4 Å². The molecule has 0 unspecified atom stereocenters. The number of guanidine groups is 1. The van der Waals surface area contributed by atoms with E-state index < -0.39 is 0 Å². The van der Waals surface area contributed by atoms with Gasteiger partial charge in [-0.05, 0) is 0 Å². The molecule has 0 aromatic rings. The Labute approximate surface area is 120 Å². The van der Waals surface area contributed by atoms with Gasteiger partial charge < -0.3 is 20.5 Å². The topological polar surface area (TPSA) is 68.9 Å². The van der Waals surface area contributed by atoms with Gasteiger partial charge in [0.15, 0.2) is 5.96 Å². The Hall–Kier alpha value is -0.340. The number of ether oxygens (including phenoxy) is 2. The van der Waals surface area contributed by atoms with E-state index in [0.717, 1.165) is 26.1 Å². The van der Waals surface area contributed by atoms with Gasteiger partial charge in [0.1, 0.15) is 0 Å². The molecule has 0 aromatic carbocycles. The quantitative estimate of drug-likeness (QED) is 0.333. The molecule has 0 amide bonds. The van der Waals surface area contributed by atoms with E-state index in [0.29, 0.717) is 19.0 Å². The van der Waals surface area contributed by atoms with Crippen LogP contribution in [0.4, 0.5) is 0 Å². The molecule has 0 radical (unpaired) electrons. The number of nitrogens with one attached hydrogen (secondary N) is 1. The van der Waals surface area contributed by atoms with E-state index in [-0.39, 0.29) is 29.6 Å². The van der Waals surface area contributed by atoms with Gasteiger partial charge in [0.05, 0.1) is 12.1 Å². The molecule has 0 saturated carbocycles. The van der Waals surface area contributed by atoms with E-state index in [9.17, 15) is 0 Å². The minimum Gasteiger partial charge on any atom is -0.381 e. The lowest BCUT2D eigenvalue weighted by Crippen LogP contribution is -2.42. The van der Waals surface area contributed by atoms with Gasteiger partial charge in [0, 0.05) is 39.7 Å². The molecule has 100 valence electrons. The van der Waals surface area contributed by atoms with Crippen molar-refractivity contribution in [1.29, 1.82) is 0 Å². The molecule has 0 aliphatic carbocycles. The first kappa shape index (κ1) is 16.7. The molecule has 5 nitrogen and oxygen atoms in total. The minimum absolute atomic E-state index is 0. The van der Waals surface area contributed by atoms with E-state index in [2.05, 4.69) is 16.9 Å². The third-order valence-corrected chi connectivity index (χ3v) is 2.80. The first-order chi connectivity index (χ1) is 7.72. The molecule has 3 N–H and O–H groups in total. The normalized spacial score (nSPS) is 19.2. The zero-order chi connectivity index (χ0) is 11.9. The average molecular weight is 355 g/mol. The summed E-state index contributed by atoms with van der Waals surface area (Å²) in [4.78, 5) is 4.28. The van der Waals surface area contributed by atoms with Crippen LogP contribution >= 0.6 is 24.0 Å². The number of aliphatic imine (C=N–C) groups is 1. The smallest absolute Gasteiger partial charge is 0.188 e. The van der Waals surface area contributed by atoms with E-state index in [1.165, 1.54) is 0 Å². The summed E-state index contributed by atoms with van der Waals surface area (Å²) in [6.45, 7) is 6.24. The molecule has 0 spiro atoms. The molecule has 0 bridgehead atoms. The number of hydrogen-bond acceptors (Lipinski definition) is 3. The second-order valence-corrected chi connectivity index (χ2v) is 3.87. The molecule has 1 heterocycles. The van der Waals surface area contributed by atoms with Gasteiger partial charge in [-0.1, -0.05) is 6.08 Å². The largest absolute Gasteiger partial charge is 0.381 e. The summed E-state index contributed by atoms with van der Waals surface area (Å²) >= 11 is 0. The number of methoxy groups -OCH3 is 1. The molecule has 1 fully saturated rings. The first-order valence-electron chi connectivity index (χ1n) is 5.50. The van der Waals surface area contributed by atoms with Gasteiger partial charge in [-0.25, -0.2) is 0 Å². The molecule has 1 rings (SSSR count). The fraction of sp³-hybridized carbons (Fsp3) is 0.727. The molecule has 1 saturated heterocycles. The highest BCUT2D eigenvalue weighted by Crippen LogP contribution is 2.24. The van der Waals surface area contributed by atoms with Crippen LogP contribution in [-0.4, -0.2) is 45.0 Å². The fourth-order valence-corrected chi connectivity index (χ4v) is 1.63. The summed E-state index contributed by atoms with van der Waals surface area (Å²) in [6, 6.07) is 0. The van der Waals surface area contributed by atoms with E-state index in [1.807, 2.05) is 0 Å². The molecule has 1 aliphatic rings. The summed E-state index contributed by atoms with van der Waals surface area (Å²) in [5.41, 5.74) is 5.49. The Morgan fingerprint density at radius 3 is 2.76 bits per heavy atom. The van der Waals surface area contributed by atoms with Crippen LogP contribution in [0.3, 0.4) is 0 Å². The molecule has 0 atom stereocenters. The lowest BCUT2D eigenvalue weighted by Gasteiger charge is -2.34. The molecule has 17 heavy (non-hydrogen) atoms. The number of halogens is 1. The van der Waals surface area contributed by atoms with Crippen molar-refractivity contribution < 1.29 is 9.47 Å². The van der Waals surface area contributed by atoms with E-state index in [4.69, 9.17) is 15.2 Å². The predicted molar refractivity (Wildman–Crippen MR) is 79.9 cm³/mol. The average Bonchev–Trinajstić information content (AvgIpc) is 2.35. The monoisotopic (exact) mass is 355 g/mol. The van der Waals surface area contributed by atoms with Crippen LogP contribution < -0.4 is 11.1 Å². The Morgan fingerprint density at radius 2 is 2.24 bits per heavy atom. The maximum absolute atomic E-state index is 5.69. The summed E-state index contributed by atoms with van der Waals surface area (Å²) in [6.07, 6.45) is 3.46. The molecule has 6 heteroatoms. The van der Waals surface area contributed by atoms with E-state index in [1.54, 1.807) is 13.2 Å². The van der Waals surface area contributed by atoms with E-state index >= 15 is 0 Å². The van der Waals surface area contributed by atoms with Crippen LogP contribution in [0.1, 0.15) is 12.8 Å². The number of hydrogen-bond donors (Lipinski definition) is 2. The molecule has 1 aliphatic heterocycles. The maximum atomic E-state index is 5.69. The molecular formula is C11H22IN3O2. The van der Waals surface area contributed by atoms with Crippen molar-refractivity contribution in [3.05, 3.63) is 12.7 Å². The van der Waals surface area contributed by atoms with Crippen LogP contribution in [0.5, 0.6) is 0 Å². The Morgan fingerprint density at radius 1 is 1.59 bits per heavy atom. The van der Waals surface area contributed by atoms with Gasteiger partial charge in [0.25, 0.3) is 0 Å². The van der Waals surface area contributed by atoms with Crippen molar-refractivity contribution in [3.63, 3.8) is 0 Å². The van der Waals surface area contributed by atoms with Gasteiger partial charge in [0.2, 0.25) is 0 Å². The second kappa shape index (κ2) is 8.71. The highest BCUT2D eigenvalue weighted by atomic mass is 127. The van der Waals surface area contributed by atoms with Crippen molar-refractivity contribution in [1.82, 2.24) is 5.32 Å². The second-order valence-electron chi connectivity index (χ2n) is 3.87. The zero-order valence-electron chi connectivity index (χ0n) is 10.3. The number of nitrogens with two attached hydrogens (primary N) is 1. The summed E-state index contributed by atoms with van der Waals surface area (Å²) < 4.78 is 10.9. The first-order valence-corrected chi connectivity index (χ1v) is 5.50. The minimum atomic E-state index is -0.210. The number of rotatable bonds is 5. The van der Waals surface area contributed by atoms with Gasteiger partial charge >= 0.3 is 0 Å². The van der Waals surface area contributed by atoms with Crippen LogP contribution in [-0.2, 0) is 9.47 Å². The Bertz CT molecular complexity index is 253. The summed E-state index contributed by atoms with van der Waals surface area (Å²) in [5, 5.41) is 2.94. The third-order valence-electron chi connectivity index (χ3n) is 2.80. The molecular weight excluding hydrogens is 333 g/mol. The SMILES string of the molecule is C=CCNC(N)=NCC1(OC)CCOCC1.I. The summed E-state index contributed by atoms with van der Waals surface area (Å²) in [5.74, 6) is 0.433. The fourth-order valence-electron chi connectivity index (χ4n) is 1.63. The Balaban J connectivity index is 0.00000256. The van der Waals surface area contributed by atoms with Gasteiger partial charge in [-0.15, -0.1) is 30.6 Å². The van der Waals surface area contributed by atoms with Gasteiger partial charge in [-0.2, -0.15) is 0 Å². The Kier molecular flexibility index (Phi) is 8.53. The highest BCUT2D eigenvalue weighted by molar-refractivity contribution is 14.0. The van der Waals surface area contributed by atoms with Crippen LogP contribution in [0.2, 0.25) is 0 Å². The third kappa shape index (κ3) is 5.69. The highest BCUT2D eigenvalue weighted by Gasteiger charge is 2.32. The predicted octanol–water partition coefficient (Wildman–Crippen LogP) is 0.890. The van der Waals surface area contributed by atoms with Crippen LogP contribution in [0, 0.1) is 0 Å². The number of nitrogens with zero attached hydrogens (tertiary/aromatic N) is 1. The van der Waals surface area contributed by atoms with Crippen molar-refractivity contribution >= 4 is 29.9 Å². The van der Waals surface area contributed by atoms with Gasteiger partial charge in [-0.3, -0.25) is 4.99 Å². The molecule has 0 aromatic heterocycles. The standard InChI is InChI=1S/C11H21N3O2.HI/c1-3-6-13-10(12)14-9-11(15-2)4-7-16-8-5-11;/h3H,1,4-9H2,2H3,(H3,12,13,14);1H. The lowest BCUT2D eigenvalue weighted by atomic mass is 9.94. The van der Waals surface area contributed by atoms with Crippen molar-refractivity contribution in [2.45, 2.75) is 18.4 Å². The summed E-state index contributed by atoms with van der Waals surface area (Å²) in [7, 11) is 1.72. The van der Waals surface area contributed by atoms with Crippen LogP contribution in [0.15, 0.2) is 17.6 Å². The zero-order valence-corrected chi connectivity index (χ0v) is 12.6. The maximum Gasteiger partial charge on any atom is 0.188 e. The van der Waals surface area contributed by atoms with Crippen LogP contribution in [0.25, 0.3) is 0 Å². The van der Waals surface area contributed by atoms with Crippen molar-refractivity contribution in [3.8, 4) is 0 Å². The van der Waals surface area contributed by atoms with Crippen molar-refractivity contribution in [2.24, 2.45) is 10.7 Å². The lowest BCUT2D eigenvalue weighted by molar-refractivity contribution is -0.0828.